The molecule has 7 heteroatoms. The van der Waals surface area contributed by atoms with Gasteiger partial charge in [-0.3, -0.25) is 4.79 Å². The Hall–Kier alpha value is -3.71. The molecule has 0 atom stereocenters. The van der Waals surface area contributed by atoms with Gasteiger partial charge in [0.25, 0.3) is 0 Å². The molecule has 0 saturated heterocycles. The average molecular weight is 465 g/mol. The van der Waals surface area contributed by atoms with Crippen molar-refractivity contribution in [1.82, 2.24) is 0 Å². The molecule has 0 radical (unpaired) electrons. The van der Waals surface area contributed by atoms with Crippen molar-refractivity contribution in [2.45, 2.75) is 0 Å². The summed E-state index contributed by atoms with van der Waals surface area (Å²) in [6.07, 6.45) is 0. The predicted octanol–water partition coefficient (Wildman–Crippen LogP) is 5.70. The summed E-state index contributed by atoms with van der Waals surface area (Å²) in [4.78, 5) is 11.9. The van der Waals surface area contributed by atoms with Crippen LogP contribution in [0.3, 0.4) is 0 Å². The number of hydrogen-bond donors (Lipinski definition) is 3. The third kappa shape index (κ3) is 2.91. The van der Waals surface area contributed by atoms with Crippen molar-refractivity contribution >= 4 is 26.9 Å². The van der Waals surface area contributed by atoms with Crippen LogP contribution < -0.4 is 5.43 Å². The lowest BCUT2D eigenvalue weighted by Crippen LogP contribution is -2.01. The molecule has 5 rings (SSSR count). The molecule has 1 aliphatic heterocycles. The maximum absolute atomic E-state index is 11.9. The Kier molecular flexibility index (Phi) is 4.08. The maximum Gasteiger partial charge on any atom is 0.223 e. The Labute approximate surface area is 177 Å². The van der Waals surface area contributed by atoms with Crippen LogP contribution in [0.4, 0.5) is 0 Å². The molecule has 1 aromatic heterocycles. The van der Waals surface area contributed by atoms with Crippen LogP contribution in [-0.2, 0) is 0 Å². The van der Waals surface area contributed by atoms with E-state index in [4.69, 9.17) is 8.83 Å². The van der Waals surface area contributed by atoms with E-state index < -0.39 is 11.2 Å². The molecular formula is C23H13BrO6. The molecule has 0 amide bonds. The Morgan fingerprint density at radius 3 is 2.17 bits per heavy atom. The molecule has 1 aliphatic carbocycles. The van der Waals surface area contributed by atoms with Gasteiger partial charge in [0.1, 0.15) is 22.9 Å². The summed E-state index contributed by atoms with van der Waals surface area (Å²) in [5.74, 6) is 0.164. The smallest absolute Gasteiger partial charge is 0.223 e. The van der Waals surface area contributed by atoms with E-state index in [2.05, 4.69) is 15.9 Å². The zero-order chi connectivity index (χ0) is 21.0. The van der Waals surface area contributed by atoms with Gasteiger partial charge >= 0.3 is 0 Å². The zero-order valence-electron chi connectivity index (χ0n) is 15.2. The number of benzene rings is 3. The lowest BCUT2D eigenvalue weighted by Gasteiger charge is -2.14. The Balaban J connectivity index is 1.82. The fraction of sp³-hybridized carbons (Fsp3) is 0. The van der Waals surface area contributed by atoms with Gasteiger partial charge in [-0.15, -0.1) is 0 Å². The van der Waals surface area contributed by atoms with Crippen molar-refractivity contribution in [3.63, 3.8) is 0 Å². The summed E-state index contributed by atoms with van der Waals surface area (Å²) < 4.78 is 12.8. The second-order valence-electron chi connectivity index (χ2n) is 6.80. The van der Waals surface area contributed by atoms with Crippen LogP contribution in [0.15, 0.2) is 78.8 Å². The van der Waals surface area contributed by atoms with Crippen LogP contribution in [0.25, 0.3) is 44.9 Å². The van der Waals surface area contributed by atoms with E-state index in [0.29, 0.717) is 28.0 Å². The molecule has 3 aromatic rings. The summed E-state index contributed by atoms with van der Waals surface area (Å²) in [6, 6.07) is 16.3. The van der Waals surface area contributed by atoms with Crippen LogP contribution >= 0.6 is 15.9 Å². The summed E-state index contributed by atoms with van der Waals surface area (Å²) >= 11 is 3.41. The molecule has 0 saturated carbocycles. The molecule has 0 spiro atoms. The highest BCUT2D eigenvalue weighted by Gasteiger charge is 2.23. The lowest BCUT2D eigenvalue weighted by molar-refractivity contribution is 0.403. The minimum absolute atomic E-state index is 0.215. The van der Waals surface area contributed by atoms with Gasteiger partial charge in [-0.25, -0.2) is 0 Å². The van der Waals surface area contributed by atoms with Crippen LogP contribution in [0.1, 0.15) is 0 Å². The zero-order valence-corrected chi connectivity index (χ0v) is 16.8. The first-order valence-corrected chi connectivity index (χ1v) is 9.71. The molecule has 3 N–H and O–H groups in total. The van der Waals surface area contributed by atoms with Crippen molar-refractivity contribution in [2.24, 2.45) is 0 Å². The van der Waals surface area contributed by atoms with Gasteiger partial charge in [0.15, 0.2) is 17.2 Å². The molecule has 30 heavy (non-hydrogen) atoms. The molecular weight excluding hydrogens is 452 g/mol. The standard InChI is InChI=1S/C23H13BrO6/c24-12-3-1-11(2-4-12)19-5-6-20(29-19)23-13-7-15(25)17(27)9-21(13)30-22-10-18(28)16(26)8-14(22)23/h1-10,25-27H. The Bertz CT molecular complexity index is 1450. The summed E-state index contributed by atoms with van der Waals surface area (Å²) in [6.45, 7) is 0. The molecule has 0 fully saturated rings. The highest BCUT2D eigenvalue weighted by atomic mass is 79.9. The van der Waals surface area contributed by atoms with E-state index in [1.807, 2.05) is 30.3 Å². The summed E-state index contributed by atoms with van der Waals surface area (Å²) in [5, 5.41) is 30.4. The van der Waals surface area contributed by atoms with Crippen LogP contribution in [-0.4, -0.2) is 15.3 Å². The SMILES string of the molecule is O=c1cc2oc3cc(O)c(O)cc3c(-c3ccc(-c4ccc(Br)cc4)o3)c-2cc1O. The van der Waals surface area contributed by atoms with Crippen molar-refractivity contribution in [1.29, 1.82) is 0 Å². The summed E-state index contributed by atoms with van der Waals surface area (Å²) in [5.41, 5.74) is 1.47. The second-order valence-corrected chi connectivity index (χ2v) is 7.72. The van der Waals surface area contributed by atoms with E-state index in [0.717, 1.165) is 10.0 Å². The first-order chi connectivity index (χ1) is 14.4. The van der Waals surface area contributed by atoms with Crippen LogP contribution in [0.5, 0.6) is 17.2 Å². The predicted molar refractivity (Wildman–Crippen MR) is 115 cm³/mol. The molecule has 0 unspecified atom stereocenters. The van der Waals surface area contributed by atoms with Crippen molar-refractivity contribution in [2.75, 3.05) is 0 Å². The molecule has 148 valence electrons. The first-order valence-electron chi connectivity index (χ1n) is 8.92. The van der Waals surface area contributed by atoms with E-state index in [1.165, 1.54) is 24.3 Å². The minimum Gasteiger partial charge on any atom is -0.504 e. The number of rotatable bonds is 2. The number of furan rings is 1. The number of phenols is 3. The van der Waals surface area contributed by atoms with Gasteiger partial charge in [0, 0.05) is 38.7 Å². The third-order valence-electron chi connectivity index (χ3n) is 4.88. The number of phenolic OH excluding ortho intramolecular Hbond substituents is 3. The van der Waals surface area contributed by atoms with Gasteiger partial charge < -0.3 is 24.2 Å². The van der Waals surface area contributed by atoms with Crippen molar-refractivity contribution in [3.8, 4) is 51.2 Å². The van der Waals surface area contributed by atoms with E-state index >= 15 is 0 Å². The van der Waals surface area contributed by atoms with Crippen LogP contribution in [0, 0.1) is 0 Å². The van der Waals surface area contributed by atoms with Crippen molar-refractivity contribution < 1.29 is 24.2 Å². The molecule has 6 nitrogen and oxygen atoms in total. The van der Waals surface area contributed by atoms with E-state index in [-0.39, 0.29) is 22.8 Å². The quantitative estimate of drug-likeness (QED) is 0.228. The fourth-order valence-corrected chi connectivity index (χ4v) is 3.70. The topological polar surface area (TPSA) is 104 Å². The van der Waals surface area contributed by atoms with Crippen molar-refractivity contribution in [3.05, 3.63) is 75.4 Å². The van der Waals surface area contributed by atoms with Gasteiger partial charge in [0.2, 0.25) is 5.43 Å². The molecule has 0 bridgehead atoms. The van der Waals surface area contributed by atoms with Gasteiger partial charge in [-0.1, -0.05) is 28.1 Å². The Morgan fingerprint density at radius 1 is 0.700 bits per heavy atom. The third-order valence-corrected chi connectivity index (χ3v) is 5.41. The van der Waals surface area contributed by atoms with Gasteiger partial charge in [0.05, 0.1) is 0 Å². The lowest BCUT2D eigenvalue weighted by atomic mass is 9.97. The van der Waals surface area contributed by atoms with Crippen LogP contribution in [0.2, 0.25) is 0 Å². The average Bonchev–Trinajstić information content (AvgIpc) is 3.19. The molecule has 2 heterocycles. The number of fused-ring (bicyclic) bond motifs is 2. The largest absolute Gasteiger partial charge is 0.504 e. The monoisotopic (exact) mass is 464 g/mol. The second kappa shape index (κ2) is 6.67. The Morgan fingerprint density at radius 2 is 1.40 bits per heavy atom. The number of hydrogen-bond acceptors (Lipinski definition) is 6. The van der Waals surface area contributed by atoms with E-state index in [9.17, 15) is 20.1 Å². The normalized spacial score (nSPS) is 11.4. The summed E-state index contributed by atoms with van der Waals surface area (Å²) in [7, 11) is 0. The van der Waals surface area contributed by atoms with Gasteiger partial charge in [-0.05, 0) is 36.4 Å². The number of aromatic hydroxyl groups is 3. The first kappa shape index (κ1) is 18.3. The molecule has 2 aromatic carbocycles. The van der Waals surface area contributed by atoms with E-state index in [1.54, 1.807) is 6.07 Å². The fourth-order valence-electron chi connectivity index (χ4n) is 3.44. The highest BCUT2D eigenvalue weighted by Crippen LogP contribution is 2.44. The minimum atomic E-state index is -0.588. The maximum atomic E-state index is 11.9. The highest BCUT2D eigenvalue weighted by molar-refractivity contribution is 9.10. The van der Waals surface area contributed by atoms with Gasteiger partial charge in [-0.2, -0.15) is 0 Å². The number of halogens is 1. The molecule has 2 aliphatic rings.